The molecule has 0 unspecified atom stereocenters. The van der Waals surface area contributed by atoms with Crippen LogP contribution in [0.3, 0.4) is 0 Å². The van der Waals surface area contributed by atoms with E-state index >= 15 is 0 Å². The minimum absolute atomic E-state index is 1.09. The first-order valence-electron chi connectivity index (χ1n) is 19.6. The maximum absolute atomic E-state index is 3.92. The highest BCUT2D eigenvalue weighted by molar-refractivity contribution is 6.26. The lowest BCUT2D eigenvalue weighted by molar-refractivity contribution is -0.671. The summed E-state index contributed by atoms with van der Waals surface area (Å²) < 4.78 is 2.08. The SMILES string of the molecule is C=C/C=C(\C=C/C)/C=C/c1cc(CCCC)c2ccc3c(/C=C/c4cc[n+](C)cc4)cc(CCCC)c4ccc1c2c34.CC.CC.CC.CC. The second-order valence-corrected chi connectivity index (χ2v) is 11.4. The zero-order valence-corrected chi connectivity index (χ0v) is 33.8. The number of unbranched alkanes of at least 4 members (excludes halogenated alkanes) is 2. The van der Waals surface area contributed by atoms with Crippen molar-refractivity contribution in [3.8, 4) is 0 Å². The highest BCUT2D eigenvalue weighted by Gasteiger charge is 2.17. The fraction of sp³-hybridized carbons (Fsp3) is 0.367. The van der Waals surface area contributed by atoms with Gasteiger partial charge in [-0.15, -0.1) is 0 Å². The molecule has 0 amide bonds. The van der Waals surface area contributed by atoms with Crippen molar-refractivity contribution in [3.05, 3.63) is 131 Å². The lowest BCUT2D eigenvalue weighted by Crippen LogP contribution is -2.25. The molecular weight excluding hydrogens is 603 g/mol. The Kier molecular flexibility index (Phi) is 21.7. The summed E-state index contributed by atoms with van der Waals surface area (Å²) in [6.45, 7) is 26.5. The van der Waals surface area contributed by atoms with E-state index in [9.17, 15) is 0 Å². The van der Waals surface area contributed by atoms with Crippen LogP contribution in [0.15, 0.2) is 103 Å². The number of hydrogen-bond donors (Lipinski definition) is 0. The van der Waals surface area contributed by atoms with Gasteiger partial charge in [-0.3, -0.25) is 0 Å². The first-order valence-corrected chi connectivity index (χ1v) is 19.6. The number of nitrogens with zero attached hydrogens (tertiary/aromatic N) is 1. The first-order chi connectivity index (χ1) is 24.6. The summed E-state index contributed by atoms with van der Waals surface area (Å²) in [4.78, 5) is 0. The predicted molar refractivity (Wildman–Crippen MR) is 231 cm³/mol. The van der Waals surface area contributed by atoms with Crippen molar-refractivity contribution < 1.29 is 4.57 Å². The van der Waals surface area contributed by atoms with E-state index in [-0.39, 0.29) is 0 Å². The van der Waals surface area contributed by atoms with Gasteiger partial charge in [0, 0.05) is 12.1 Å². The molecule has 5 rings (SSSR count). The van der Waals surface area contributed by atoms with Crippen LogP contribution in [-0.4, -0.2) is 0 Å². The molecule has 0 bridgehead atoms. The second kappa shape index (κ2) is 24.8. The summed E-state index contributed by atoms with van der Waals surface area (Å²) in [7, 11) is 2.06. The average Bonchev–Trinajstić information content (AvgIpc) is 3.18. The van der Waals surface area contributed by atoms with Gasteiger partial charge in [-0.05, 0) is 98.3 Å². The number of hydrogen-bond acceptors (Lipinski definition) is 0. The van der Waals surface area contributed by atoms with Gasteiger partial charge in [0.2, 0.25) is 0 Å². The van der Waals surface area contributed by atoms with Crippen molar-refractivity contribution in [1.29, 1.82) is 0 Å². The molecule has 0 aliphatic heterocycles. The molecule has 0 N–H and O–H groups in total. The molecule has 1 heteroatoms. The van der Waals surface area contributed by atoms with E-state index in [2.05, 4.69) is 142 Å². The van der Waals surface area contributed by atoms with Crippen LogP contribution in [0.25, 0.3) is 50.5 Å². The molecule has 0 aliphatic rings. The highest BCUT2D eigenvalue weighted by Crippen LogP contribution is 2.42. The van der Waals surface area contributed by atoms with Crippen LogP contribution in [0.1, 0.15) is 130 Å². The van der Waals surface area contributed by atoms with E-state index in [1.165, 1.54) is 85.8 Å². The molecule has 0 fully saturated rings. The number of pyridine rings is 1. The molecule has 5 aromatic rings. The monoisotopic (exact) mass is 671 g/mol. The molecule has 50 heavy (non-hydrogen) atoms. The van der Waals surface area contributed by atoms with Crippen molar-refractivity contribution in [2.75, 3.05) is 0 Å². The summed E-state index contributed by atoms with van der Waals surface area (Å²) in [5.41, 5.74) is 7.86. The summed E-state index contributed by atoms with van der Waals surface area (Å²) in [6, 6.07) is 18.7. The number of benzene rings is 4. The van der Waals surface area contributed by atoms with Gasteiger partial charge in [0.15, 0.2) is 12.4 Å². The van der Waals surface area contributed by atoms with E-state index in [1.54, 1.807) is 0 Å². The Labute approximate surface area is 307 Å². The number of aryl methyl sites for hydroxylation is 3. The van der Waals surface area contributed by atoms with Crippen LogP contribution in [0.5, 0.6) is 0 Å². The quantitative estimate of drug-likeness (QED) is 0.0706. The maximum atomic E-state index is 3.92. The standard InChI is InChI=1S/C41H44N.4C2H6/c1-6-10-14-32-28-34(18-16-30(12-8-3)13-9-4)38-22-20-37-33(15-11-7-2)29-35(19-17-31-24-26-42(5)27-25-31)39-23-21-36(32)40(38)41(37)39;4*1-2/h8-9,12-13,16-29H,3,6-7,10-11,14-15H2,1-2,4-5H3;4*1-2H3/q+1;;;;/b13-9-,18-16+,19-17+,30-12+;;;;. The fourth-order valence-electron chi connectivity index (χ4n) is 6.11. The molecule has 0 spiro atoms. The molecule has 0 saturated carbocycles. The molecule has 268 valence electrons. The highest BCUT2D eigenvalue weighted by atomic mass is 14.9. The van der Waals surface area contributed by atoms with Crippen LogP contribution >= 0.6 is 0 Å². The molecule has 0 radical (unpaired) electrons. The molecule has 0 saturated heterocycles. The van der Waals surface area contributed by atoms with E-state index < -0.39 is 0 Å². The minimum Gasteiger partial charge on any atom is -0.208 e. The van der Waals surface area contributed by atoms with Gasteiger partial charge in [-0.2, -0.15) is 0 Å². The predicted octanol–water partition coefficient (Wildman–Crippen LogP) is 15.1. The van der Waals surface area contributed by atoms with E-state index in [1.807, 2.05) is 61.5 Å². The van der Waals surface area contributed by atoms with Crippen molar-refractivity contribution >= 4 is 50.5 Å². The third kappa shape index (κ3) is 11.4. The summed E-state index contributed by atoms with van der Waals surface area (Å²) in [5.74, 6) is 0. The van der Waals surface area contributed by atoms with Crippen molar-refractivity contribution in [2.24, 2.45) is 7.05 Å². The molecule has 1 aromatic heterocycles. The molecule has 0 atom stereocenters. The Bertz CT molecular complexity index is 1810. The zero-order valence-electron chi connectivity index (χ0n) is 33.8. The van der Waals surface area contributed by atoms with Crippen molar-refractivity contribution in [2.45, 2.75) is 115 Å². The molecule has 0 aliphatic carbocycles. The van der Waals surface area contributed by atoms with Crippen LogP contribution in [-0.2, 0) is 19.9 Å². The third-order valence-corrected chi connectivity index (χ3v) is 8.32. The normalized spacial score (nSPS) is 11.2. The molecule has 1 heterocycles. The van der Waals surface area contributed by atoms with Crippen LogP contribution in [0, 0.1) is 0 Å². The van der Waals surface area contributed by atoms with E-state index in [0.717, 1.165) is 18.4 Å². The Morgan fingerprint density at radius 1 is 0.620 bits per heavy atom. The maximum Gasteiger partial charge on any atom is 0.169 e. The Balaban J connectivity index is 0.00000146. The smallest absolute Gasteiger partial charge is 0.169 e. The van der Waals surface area contributed by atoms with Crippen LogP contribution < -0.4 is 4.57 Å². The second-order valence-electron chi connectivity index (χ2n) is 11.4. The molecule has 1 nitrogen and oxygen atoms in total. The summed E-state index contributed by atoms with van der Waals surface area (Å²) in [6.07, 6.45) is 28.4. The van der Waals surface area contributed by atoms with E-state index in [4.69, 9.17) is 0 Å². The van der Waals surface area contributed by atoms with Gasteiger partial charge < -0.3 is 0 Å². The zero-order chi connectivity index (χ0) is 37.5. The summed E-state index contributed by atoms with van der Waals surface area (Å²) >= 11 is 0. The van der Waals surface area contributed by atoms with Gasteiger partial charge in [0.05, 0.1) is 0 Å². The Morgan fingerprint density at radius 2 is 1.08 bits per heavy atom. The van der Waals surface area contributed by atoms with Crippen molar-refractivity contribution in [1.82, 2.24) is 0 Å². The van der Waals surface area contributed by atoms with Crippen LogP contribution in [0.4, 0.5) is 0 Å². The first kappa shape index (κ1) is 43.8. The van der Waals surface area contributed by atoms with Gasteiger partial charge in [-0.25, -0.2) is 4.57 Å². The lowest BCUT2D eigenvalue weighted by Gasteiger charge is -2.19. The lowest BCUT2D eigenvalue weighted by atomic mass is 9.84. The van der Waals surface area contributed by atoms with Gasteiger partial charge in [0.25, 0.3) is 0 Å². The molecule has 4 aromatic carbocycles. The van der Waals surface area contributed by atoms with Crippen LogP contribution in [0.2, 0.25) is 0 Å². The Hall–Kier alpha value is -4.23. The van der Waals surface area contributed by atoms with Gasteiger partial charge >= 0.3 is 0 Å². The van der Waals surface area contributed by atoms with Gasteiger partial charge in [0.1, 0.15) is 7.05 Å². The average molecular weight is 671 g/mol. The van der Waals surface area contributed by atoms with Crippen molar-refractivity contribution in [3.63, 3.8) is 0 Å². The van der Waals surface area contributed by atoms with E-state index in [0.29, 0.717) is 0 Å². The largest absolute Gasteiger partial charge is 0.208 e. The molecular formula is C49H68N+. The minimum atomic E-state index is 1.09. The Morgan fingerprint density at radius 3 is 1.52 bits per heavy atom. The number of rotatable bonds is 12. The third-order valence-electron chi connectivity index (χ3n) is 8.32. The number of allylic oxidation sites excluding steroid dienone is 6. The topological polar surface area (TPSA) is 3.88 Å². The number of aromatic nitrogens is 1. The summed E-state index contributed by atoms with van der Waals surface area (Å²) in [5, 5.41) is 8.31. The van der Waals surface area contributed by atoms with Gasteiger partial charge in [-0.1, -0.05) is 174 Å². The fourth-order valence-corrected chi connectivity index (χ4v) is 6.11.